The fourth-order valence-electron chi connectivity index (χ4n) is 4.66. The van der Waals surface area contributed by atoms with Gasteiger partial charge in [0.25, 0.3) is 0 Å². The second-order valence-electron chi connectivity index (χ2n) is 7.95. The van der Waals surface area contributed by atoms with Gasteiger partial charge in [0.15, 0.2) is 12.1 Å². The van der Waals surface area contributed by atoms with Gasteiger partial charge in [-0.25, -0.2) is 9.59 Å². The summed E-state index contributed by atoms with van der Waals surface area (Å²) in [6.07, 6.45) is 11.6. The third-order valence-corrected chi connectivity index (χ3v) is 6.07. The van der Waals surface area contributed by atoms with E-state index in [4.69, 9.17) is 0 Å². The van der Waals surface area contributed by atoms with Gasteiger partial charge in [0.2, 0.25) is 0 Å². The minimum Gasteiger partial charge on any atom is -0.544 e. The molecule has 0 radical (unpaired) electrons. The number of unbranched alkanes of at least 4 members (excludes halogenated alkanes) is 5. The van der Waals surface area contributed by atoms with E-state index in [0.717, 1.165) is 19.3 Å². The zero-order valence-corrected chi connectivity index (χ0v) is 19.1. The normalized spacial score (nSPS) is 16.7. The van der Waals surface area contributed by atoms with Crippen molar-refractivity contribution in [3.63, 3.8) is 0 Å². The Hall–Kier alpha value is -1.89. The lowest BCUT2D eigenvalue weighted by molar-refractivity contribution is -0.974. The summed E-state index contributed by atoms with van der Waals surface area (Å²) >= 11 is 0. The quantitative estimate of drug-likeness (QED) is 0.197. The lowest BCUT2D eigenvalue weighted by Crippen LogP contribution is -2.73. The number of hydrogen-bond donors (Lipinski definition) is 2. The summed E-state index contributed by atoms with van der Waals surface area (Å²) in [5, 5.41) is 31.7. The largest absolute Gasteiger partial charge is 0.544 e. The molecule has 0 spiro atoms. The number of carbonyl (C=O) groups is 3. The number of aliphatic carboxylic acids is 3. The number of quaternary nitrogens is 1. The molecule has 0 heterocycles. The second kappa shape index (κ2) is 15.0. The number of nitrogens with zero attached hydrogens (tertiary/aromatic N) is 1. The van der Waals surface area contributed by atoms with Crippen molar-refractivity contribution in [3.8, 4) is 0 Å². The first-order valence-corrected chi connectivity index (χ1v) is 11.4. The van der Waals surface area contributed by atoms with Crippen molar-refractivity contribution in [2.75, 3.05) is 6.54 Å². The molecule has 0 bridgehead atoms. The summed E-state index contributed by atoms with van der Waals surface area (Å²) in [6.45, 7) is 7.27. The number of carboxylic acid groups (broad SMARTS) is 3. The average Bonchev–Trinajstić information content (AvgIpc) is 2.67. The van der Waals surface area contributed by atoms with Crippen LogP contribution in [0.4, 0.5) is 0 Å². The molecule has 7 nitrogen and oxygen atoms in total. The van der Waals surface area contributed by atoms with E-state index in [1.54, 1.807) is 20.8 Å². The molecule has 0 saturated heterocycles. The minimum atomic E-state index is -1.39. The molecular weight excluding hydrogens is 386 g/mol. The van der Waals surface area contributed by atoms with Crippen LogP contribution in [0.2, 0.25) is 0 Å². The summed E-state index contributed by atoms with van der Waals surface area (Å²) in [5.41, 5.74) is 0. The molecule has 0 aliphatic heterocycles. The van der Waals surface area contributed by atoms with Gasteiger partial charge >= 0.3 is 11.9 Å². The van der Waals surface area contributed by atoms with E-state index in [-0.39, 0.29) is 25.8 Å². The number of rotatable bonds is 18. The topological polar surface area (TPSA) is 115 Å². The van der Waals surface area contributed by atoms with Crippen LogP contribution in [0, 0.1) is 0 Å². The highest BCUT2D eigenvalue weighted by atomic mass is 16.4. The fraction of sp³-hybridized carbons (Fsp3) is 0.783. The Balaban J connectivity index is 5.75. The Morgan fingerprint density at radius 3 is 1.63 bits per heavy atom. The summed E-state index contributed by atoms with van der Waals surface area (Å²) in [6, 6.07) is -3.46. The van der Waals surface area contributed by atoms with Crippen LogP contribution in [0.1, 0.15) is 91.9 Å². The average molecular weight is 428 g/mol. The Bertz CT molecular complexity index is 505. The first-order valence-electron chi connectivity index (χ1n) is 11.4. The molecular formula is C23H41NO6. The Morgan fingerprint density at radius 1 is 0.767 bits per heavy atom. The molecule has 0 amide bonds. The van der Waals surface area contributed by atoms with Crippen molar-refractivity contribution in [2.24, 2.45) is 0 Å². The van der Waals surface area contributed by atoms with E-state index in [9.17, 15) is 29.7 Å². The zero-order chi connectivity index (χ0) is 23.2. The maximum atomic E-state index is 12.1. The smallest absolute Gasteiger partial charge is 0.362 e. The fourth-order valence-corrected chi connectivity index (χ4v) is 4.66. The van der Waals surface area contributed by atoms with Gasteiger partial charge in [-0.3, -0.25) is 4.48 Å². The number of hydrogen-bond acceptors (Lipinski definition) is 4. The summed E-state index contributed by atoms with van der Waals surface area (Å²) in [4.78, 5) is 36.2. The summed E-state index contributed by atoms with van der Waals surface area (Å²) in [7, 11) is 0. The van der Waals surface area contributed by atoms with Gasteiger partial charge in [-0.05, 0) is 12.8 Å². The molecule has 7 heteroatoms. The van der Waals surface area contributed by atoms with Gasteiger partial charge < -0.3 is 20.1 Å². The van der Waals surface area contributed by atoms with E-state index in [2.05, 4.69) is 6.92 Å². The van der Waals surface area contributed by atoms with Crippen molar-refractivity contribution < 1.29 is 34.2 Å². The molecule has 3 unspecified atom stereocenters. The molecule has 0 saturated carbocycles. The predicted octanol–water partition coefficient (Wildman–Crippen LogP) is 3.36. The molecule has 30 heavy (non-hydrogen) atoms. The van der Waals surface area contributed by atoms with Gasteiger partial charge in [-0.2, -0.15) is 0 Å². The number of carboxylic acids is 3. The van der Waals surface area contributed by atoms with E-state index in [1.807, 2.05) is 12.2 Å². The molecule has 0 fully saturated rings. The number of carbonyl (C=O) groups excluding carboxylic acids is 1. The molecule has 174 valence electrons. The third-order valence-electron chi connectivity index (χ3n) is 6.07. The molecule has 0 aliphatic rings. The monoisotopic (exact) mass is 427 g/mol. The van der Waals surface area contributed by atoms with Crippen LogP contribution < -0.4 is 5.11 Å². The Kier molecular flexibility index (Phi) is 14.0. The van der Waals surface area contributed by atoms with E-state index < -0.39 is 40.5 Å². The van der Waals surface area contributed by atoms with E-state index >= 15 is 0 Å². The first-order chi connectivity index (χ1) is 14.2. The van der Waals surface area contributed by atoms with Crippen molar-refractivity contribution in [3.05, 3.63) is 12.2 Å². The SMILES string of the molecule is CCCCCCC/C=C/CC[N+](C(CC)C(=O)[O-])(C(CC)C(=O)O)C(CC)C(=O)O. The van der Waals surface area contributed by atoms with Gasteiger partial charge in [0.1, 0.15) is 6.04 Å². The molecule has 0 aliphatic carbocycles. The van der Waals surface area contributed by atoms with Gasteiger partial charge in [-0.1, -0.05) is 65.5 Å². The van der Waals surface area contributed by atoms with E-state index in [1.165, 1.54) is 19.3 Å². The van der Waals surface area contributed by atoms with Crippen LogP contribution >= 0.6 is 0 Å². The van der Waals surface area contributed by atoms with Crippen LogP contribution in [0.25, 0.3) is 0 Å². The maximum Gasteiger partial charge on any atom is 0.362 e. The minimum absolute atomic E-state index is 0.108. The van der Waals surface area contributed by atoms with Gasteiger partial charge in [0.05, 0.1) is 12.5 Å². The summed E-state index contributed by atoms with van der Waals surface area (Å²) in [5.74, 6) is -3.73. The first kappa shape index (κ1) is 28.1. The molecule has 0 aromatic rings. The van der Waals surface area contributed by atoms with Crippen molar-refractivity contribution in [2.45, 2.75) is 110 Å². The molecule has 0 aromatic heterocycles. The summed E-state index contributed by atoms with van der Waals surface area (Å²) < 4.78 is -0.517. The second-order valence-corrected chi connectivity index (χ2v) is 7.95. The molecule has 3 atom stereocenters. The van der Waals surface area contributed by atoms with Crippen LogP contribution in [0.15, 0.2) is 12.2 Å². The van der Waals surface area contributed by atoms with Gasteiger partial charge in [-0.15, -0.1) is 0 Å². The zero-order valence-electron chi connectivity index (χ0n) is 19.1. The standard InChI is InChI=1S/C23H41NO6/c1-5-9-10-11-12-13-14-15-16-17-24(18(6-2)21(25)26,19(7-3)22(27)28)20(8-4)23(29)30/h14-15,18-20H,5-13,16-17H2,1-4H3,(H2-,25,26,27,28,29,30)/b15-14+. The van der Waals surface area contributed by atoms with Crippen LogP contribution in [0.5, 0.6) is 0 Å². The Labute approximate surface area is 181 Å². The van der Waals surface area contributed by atoms with Crippen molar-refractivity contribution >= 4 is 17.9 Å². The molecule has 0 aromatic carbocycles. The van der Waals surface area contributed by atoms with Crippen LogP contribution in [-0.4, -0.2) is 57.3 Å². The highest BCUT2D eigenvalue weighted by molar-refractivity contribution is 5.77. The highest BCUT2D eigenvalue weighted by Crippen LogP contribution is 2.31. The Morgan fingerprint density at radius 2 is 1.23 bits per heavy atom. The maximum absolute atomic E-state index is 12.1. The van der Waals surface area contributed by atoms with Crippen molar-refractivity contribution in [1.82, 2.24) is 0 Å². The van der Waals surface area contributed by atoms with Crippen LogP contribution in [0.3, 0.4) is 0 Å². The predicted molar refractivity (Wildman–Crippen MR) is 115 cm³/mol. The lowest BCUT2D eigenvalue weighted by Gasteiger charge is -2.51. The number of allylic oxidation sites excluding steroid dienone is 1. The molecule has 0 rings (SSSR count). The molecule has 2 N–H and O–H groups in total. The lowest BCUT2D eigenvalue weighted by atomic mass is 9.94. The third kappa shape index (κ3) is 7.74. The van der Waals surface area contributed by atoms with Gasteiger partial charge in [0, 0.05) is 25.7 Å². The van der Waals surface area contributed by atoms with Crippen molar-refractivity contribution in [1.29, 1.82) is 0 Å². The highest BCUT2D eigenvalue weighted by Gasteiger charge is 2.53. The van der Waals surface area contributed by atoms with Crippen LogP contribution in [-0.2, 0) is 14.4 Å². The van der Waals surface area contributed by atoms with E-state index in [0.29, 0.717) is 6.42 Å².